The van der Waals surface area contributed by atoms with Crippen molar-refractivity contribution in [2.24, 2.45) is 10.7 Å². The number of nitrogens with zero attached hydrogens (tertiary/aromatic N) is 4. The SMILES string of the molecule is I.NC(=NCc1nnc2n1CCCC2)Nc1ccccc1. The first kappa shape index (κ1) is 15.7. The van der Waals surface area contributed by atoms with E-state index in [9.17, 15) is 0 Å². The molecule has 6 nitrogen and oxygen atoms in total. The largest absolute Gasteiger partial charge is 0.370 e. The molecule has 1 aromatic carbocycles. The molecule has 0 bridgehead atoms. The van der Waals surface area contributed by atoms with Crippen LogP contribution in [0.3, 0.4) is 0 Å². The number of para-hydroxylation sites is 1. The van der Waals surface area contributed by atoms with E-state index in [0.29, 0.717) is 12.5 Å². The van der Waals surface area contributed by atoms with Crippen molar-refractivity contribution in [3.05, 3.63) is 42.0 Å². The molecule has 0 amide bonds. The maximum atomic E-state index is 5.88. The number of nitrogens with one attached hydrogen (secondary N) is 1. The summed E-state index contributed by atoms with van der Waals surface area (Å²) in [4.78, 5) is 4.33. The van der Waals surface area contributed by atoms with E-state index in [1.165, 1.54) is 12.8 Å². The van der Waals surface area contributed by atoms with Crippen LogP contribution >= 0.6 is 24.0 Å². The number of aromatic nitrogens is 3. The number of halogens is 1. The van der Waals surface area contributed by atoms with Gasteiger partial charge in [-0.3, -0.25) is 0 Å². The van der Waals surface area contributed by atoms with Gasteiger partial charge >= 0.3 is 0 Å². The van der Waals surface area contributed by atoms with Crippen LogP contribution in [0.5, 0.6) is 0 Å². The van der Waals surface area contributed by atoms with E-state index in [1.807, 2.05) is 30.3 Å². The highest BCUT2D eigenvalue weighted by molar-refractivity contribution is 14.0. The van der Waals surface area contributed by atoms with Crippen molar-refractivity contribution in [2.75, 3.05) is 5.32 Å². The molecule has 0 spiro atoms. The molecule has 0 fully saturated rings. The van der Waals surface area contributed by atoms with Crippen molar-refractivity contribution in [2.45, 2.75) is 32.4 Å². The summed E-state index contributed by atoms with van der Waals surface area (Å²) in [5, 5.41) is 11.5. The van der Waals surface area contributed by atoms with E-state index in [2.05, 4.69) is 25.1 Å². The molecule has 7 heteroatoms. The zero-order chi connectivity index (χ0) is 13.8. The second kappa shape index (κ2) is 7.39. The van der Waals surface area contributed by atoms with Crippen molar-refractivity contribution in [1.29, 1.82) is 0 Å². The van der Waals surface area contributed by atoms with Gasteiger partial charge < -0.3 is 15.6 Å². The van der Waals surface area contributed by atoms with E-state index >= 15 is 0 Å². The van der Waals surface area contributed by atoms with Gasteiger partial charge in [0, 0.05) is 18.7 Å². The number of hydrogen-bond acceptors (Lipinski definition) is 3. The molecule has 1 aliphatic rings. The molecule has 0 saturated heterocycles. The van der Waals surface area contributed by atoms with E-state index in [-0.39, 0.29) is 24.0 Å². The standard InChI is InChI=1S/C14H18N6.HI/c15-14(17-11-6-2-1-3-7-11)16-10-13-19-18-12-8-4-5-9-20(12)13;/h1-3,6-7H,4-5,8-10H2,(H3,15,16,17);1H. The average molecular weight is 398 g/mol. The summed E-state index contributed by atoms with van der Waals surface area (Å²) < 4.78 is 2.16. The lowest BCUT2D eigenvalue weighted by atomic mass is 10.2. The van der Waals surface area contributed by atoms with E-state index in [0.717, 1.165) is 30.3 Å². The first-order chi connectivity index (χ1) is 9.83. The fraction of sp³-hybridized carbons (Fsp3) is 0.357. The molecule has 0 saturated carbocycles. The van der Waals surface area contributed by atoms with Gasteiger partial charge in [-0.1, -0.05) is 18.2 Å². The van der Waals surface area contributed by atoms with Crippen LogP contribution in [0.4, 0.5) is 5.69 Å². The molecule has 21 heavy (non-hydrogen) atoms. The van der Waals surface area contributed by atoms with Gasteiger partial charge in [-0.2, -0.15) is 0 Å². The van der Waals surface area contributed by atoms with Gasteiger partial charge in [0.15, 0.2) is 11.8 Å². The van der Waals surface area contributed by atoms with Crippen molar-refractivity contribution >= 4 is 35.6 Å². The fourth-order valence-electron chi connectivity index (χ4n) is 2.35. The third-order valence-corrected chi connectivity index (χ3v) is 3.37. The summed E-state index contributed by atoms with van der Waals surface area (Å²) in [5.41, 5.74) is 6.81. The van der Waals surface area contributed by atoms with E-state index in [4.69, 9.17) is 5.73 Å². The molecule has 0 atom stereocenters. The number of anilines is 1. The number of nitrogens with two attached hydrogens (primary N) is 1. The monoisotopic (exact) mass is 398 g/mol. The van der Waals surface area contributed by atoms with Crippen LogP contribution in [0.15, 0.2) is 35.3 Å². The van der Waals surface area contributed by atoms with Gasteiger partial charge in [0.2, 0.25) is 0 Å². The number of aryl methyl sites for hydroxylation is 1. The third kappa shape index (κ3) is 3.93. The molecule has 3 N–H and O–H groups in total. The molecule has 1 aromatic heterocycles. The van der Waals surface area contributed by atoms with Gasteiger partial charge in [-0.25, -0.2) is 4.99 Å². The summed E-state index contributed by atoms with van der Waals surface area (Å²) in [6, 6.07) is 9.75. The molecule has 2 heterocycles. The highest BCUT2D eigenvalue weighted by Crippen LogP contribution is 2.14. The molecular weight excluding hydrogens is 379 g/mol. The lowest BCUT2D eigenvalue weighted by Gasteiger charge is -2.13. The molecule has 112 valence electrons. The highest BCUT2D eigenvalue weighted by atomic mass is 127. The number of benzene rings is 1. The minimum atomic E-state index is 0. The molecule has 0 aliphatic carbocycles. The molecule has 3 rings (SSSR count). The van der Waals surface area contributed by atoms with Crippen LogP contribution in [0, 0.1) is 0 Å². The summed E-state index contributed by atoms with van der Waals surface area (Å²) in [6.07, 6.45) is 3.38. The second-order valence-corrected chi connectivity index (χ2v) is 4.83. The molecule has 2 aromatic rings. The van der Waals surface area contributed by atoms with Gasteiger partial charge in [0.1, 0.15) is 12.4 Å². The van der Waals surface area contributed by atoms with E-state index < -0.39 is 0 Å². The predicted octanol–water partition coefficient (Wildman–Crippen LogP) is 2.16. The zero-order valence-electron chi connectivity index (χ0n) is 11.7. The van der Waals surface area contributed by atoms with Crippen molar-refractivity contribution in [1.82, 2.24) is 14.8 Å². The Morgan fingerprint density at radius 3 is 2.86 bits per heavy atom. The average Bonchev–Trinajstić information content (AvgIpc) is 2.89. The fourth-order valence-corrected chi connectivity index (χ4v) is 2.35. The summed E-state index contributed by atoms with van der Waals surface area (Å²) in [6.45, 7) is 1.44. The number of aliphatic imine (C=N–C) groups is 1. The Morgan fingerprint density at radius 1 is 1.24 bits per heavy atom. The minimum absolute atomic E-state index is 0. The van der Waals surface area contributed by atoms with Crippen LogP contribution in [-0.4, -0.2) is 20.7 Å². The minimum Gasteiger partial charge on any atom is -0.370 e. The van der Waals surface area contributed by atoms with Gasteiger partial charge in [0.05, 0.1) is 0 Å². The Bertz CT molecular complexity index is 607. The molecule has 0 radical (unpaired) electrons. The smallest absolute Gasteiger partial charge is 0.193 e. The van der Waals surface area contributed by atoms with Crippen LogP contribution in [0.1, 0.15) is 24.5 Å². The summed E-state index contributed by atoms with van der Waals surface area (Å²) >= 11 is 0. The Hall–Kier alpha value is -1.64. The topological polar surface area (TPSA) is 81.1 Å². The summed E-state index contributed by atoms with van der Waals surface area (Å²) in [5.74, 6) is 2.35. The second-order valence-electron chi connectivity index (χ2n) is 4.83. The number of rotatable bonds is 3. The molecular formula is C14H19IN6. The summed E-state index contributed by atoms with van der Waals surface area (Å²) in [7, 11) is 0. The van der Waals surface area contributed by atoms with Crippen LogP contribution in [0.25, 0.3) is 0 Å². The van der Waals surface area contributed by atoms with E-state index in [1.54, 1.807) is 0 Å². The number of fused-ring (bicyclic) bond motifs is 1. The molecule has 1 aliphatic heterocycles. The number of guanidine groups is 1. The Morgan fingerprint density at radius 2 is 2.05 bits per heavy atom. The third-order valence-electron chi connectivity index (χ3n) is 3.37. The maximum absolute atomic E-state index is 5.88. The van der Waals surface area contributed by atoms with Gasteiger partial charge in [-0.15, -0.1) is 34.2 Å². The van der Waals surface area contributed by atoms with Crippen molar-refractivity contribution < 1.29 is 0 Å². The Kier molecular flexibility index (Phi) is 5.54. The van der Waals surface area contributed by atoms with Gasteiger partial charge in [0.25, 0.3) is 0 Å². The quantitative estimate of drug-likeness (QED) is 0.472. The normalized spacial score (nSPS) is 14.2. The predicted molar refractivity (Wildman–Crippen MR) is 93.8 cm³/mol. The zero-order valence-corrected chi connectivity index (χ0v) is 14.0. The Balaban J connectivity index is 0.00000161. The first-order valence-electron chi connectivity index (χ1n) is 6.86. The molecule has 0 unspecified atom stereocenters. The van der Waals surface area contributed by atoms with Gasteiger partial charge in [-0.05, 0) is 25.0 Å². The van der Waals surface area contributed by atoms with Crippen molar-refractivity contribution in [3.8, 4) is 0 Å². The van der Waals surface area contributed by atoms with Crippen molar-refractivity contribution in [3.63, 3.8) is 0 Å². The van der Waals surface area contributed by atoms with Crippen LogP contribution < -0.4 is 11.1 Å². The lowest BCUT2D eigenvalue weighted by molar-refractivity contribution is 0.508. The lowest BCUT2D eigenvalue weighted by Crippen LogP contribution is -2.23. The van der Waals surface area contributed by atoms with Crippen LogP contribution in [-0.2, 0) is 19.5 Å². The first-order valence-corrected chi connectivity index (χ1v) is 6.86. The maximum Gasteiger partial charge on any atom is 0.193 e. The Labute approximate surface area is 140 Å². The van der Waals surface area contributed by atoms with Crippen LogP contribution in [0.2, 0.25) is 0 Å². The highest BCUT2D eigenvalue weighted by Gasteiger charge is 2.14. The number of hydrogen-bond donors (Lipinski definition) is 2.